The molecule has 0 fully saturated rings. The van der Waals surface area contributed by atoms with Crippen LogP contribution in [-0.2, 0) is 6.54 Å². The van der Waals surface area contributed by atoms with Crippen LogP contribution in [0.25, 0.3) is 22.4 Å². The van der Waals surface area contributed by atoms with Crippen molar-refractivity contribution >= 4 is 22.8 Å². The number of aromatic nitrogens is 6. The van der Waals surface area contributed by atoms with E-state index in [1.54, 1.807) is 23.3 Å². The molecule has 3 aromatic heterocycles. The Balaban J connectivity index is 2.26. The van der Waals surface area contributed by atoms with Crippen LogP contribution in [0.3, 0.4) is 0 Å². The molecular formula is C10H9ClN6O. The van der Waals surface area contributed by atoms with E-state index in [9.17, 15) is 0 Å². The second kappa shape index (κ2) is 4.35. The van der Waals surface area contributed by atoms with Crippen LogP contribution in [-0.4, -0.2) is 41.4 Å². The number of hydrogen-bond donors (Lipinski definition) is 2. The molecule has 3 aromatic rings. The summed E-state index contributed by atoms with van der Waals surface area (Å²) in [6.45, 7) is 0.419. The molecule has 0 aromatic carbocycles. The van der Waals surface area contributed by atoms with E-state index in [1.807, 2.05) is 0 Å². The number of aliphatic hydroxyl groups is 1. The number of rotatable bonds is 3. The van der Waals surface area contributed by atoms with Gasteiger partial charge in [0.1, 0.15) is 11.2 Å². The summed E-state index contributed by atoms with van der Waals surface area (Å²) >= 11 is 5.91. The Morgan fingerprint density at radius 2 is 2.28 bits per heavy atom. The van der Waals surface area contributed by atoms with E-state index in [-0.39, 0.29) is 11.9 Å². The normalized spacial score (nSPS) is 11.2. The van der Waals surface area contributed by atoms with Gasteiger partial charge in [0, 0.05) is 18.3 Å². The Morgan fingerprint density at radius 3 is 3.00 bits per heavy atom. The highest BCUT2D eigenvalue weighted by atomic mass is 35.5. The molecule has 0 unspecified atom stereocenters. The number of fused-ring (bicyclic) bond motifs is 1. The number of nitrogens with one attached hydrogen (secondary N) is 1. The van der Waals surface area contributed by atoms with Gasteiger partial charge in [0.05, 0.1) is 19.1 Å². The largest absolute Gasteiger partial charge is 0.395 e. The highest BCUT2D eigenvalue weighted by Gasteiger charge is 2.14. The van der Waals surface area contributed by atoms with Gasteiger partial charge in [0.2, 0.25) is 5.28 Å². The third-order valence-corrected chi connectivity index (χ3v) is 2.72. The van der Waals surface area contributed by atoms with Gasteiger partial charge in [-0.25, -0.2) is 9.97 Å². The van der Waals surface area contributed by atoms with Crippen LogP contribution in [0.2, 0.25) is 5.28 Å². The lowest BCUT2D eigenvalue weighted by Crippen LogP contribution is -2.02. The van der Waals surface area contributed by atoms with Gasteiger partial charge in [-0.15, -0.1) is 0 Å². The fraction of sp³-hybridized carbons (Fsp3) is 0.200. The van der Waals surface area contributed by atoms with Gasteiger partial charge in [-0.1, -0.05) is 0 Å². The molecule has 0 aliphatic carbocycles. The van der Waals surface area contributed by atoms with Crippen LogP contribution in [0.5, 0.6) is 0 Å². The fourth-order valence-corrected chi connectivity index (χ4v) is 1.94. The second-order valence-corrected chi connectivity index (χ2v) is 4.00. The average Bonchev–Trinajstić information content (AvgIpc) is 2.99. The molecule has 0 radical (unpaired) electrons. The second-order valence-electron chi connectivity index (χ2n) is 3.66. The lowest BCUT2D eigenvalue weighted by Gasteiger charge is -2.02. The third kappa shape index (κ3) is 1.73. The van der Waals surface area contributed by atoms with Crippen LogP contribution < -0.4 is 0 Å². The van der Waals surface area contributed by atoms with Gasteiger partial charge in [0.15, 0.2) is 5.65 Å². The van der Waals surface area contributed by atoms with Crippen LogP contribution in [0.4, 0.5) is 0 Å². The van der Waals surface area contributed by atoms with Gasteiger partial charge in [-0.05, 0) is 11.6 Å². The summed E-state index contributed by atoms with van der Waals surface area (Å²) in [6.07, 6.45) is 4.96. The van der Waals surface area contributed by atoms with Gasteiger partial charge < -0.3 is 9.67 Å². The van der Waals surface area contributed by atoms with Crippen molar-refractivity contribution in [3.63, 3.8) is 0 Å². The standard InChI is InChI=1S/C10H9ClN6O/c11-10-15-7(6-3-13-14-4-6)8-9(16-10)17(1-2-18)5-12-8/h3-5,18H,1-2H2,(H,13,14). The van der Waals surface area contributed by atoms with E-state index >= 15 is 0 Å². The van der Waals surface area contributed by atoms with Crippen molar-refractivity contribution in [1.82, 2.24) is 29.7 Å². The highest BCUT2D eigenvalue weighted by molar-refractivity contribution is 6.28. The number of aliphatic hydroxyl groups excluding tert-OH is 1. The van der Waals surface area contributed by atoms with Crippen LogP contribution in [0, 0.1) is 0 Å². The predicted molar refractivity (Wildman–Crippen MR) is 65.0 cm³/mol. The van der Waals surface area contributed by atoms with E-state index in [0.29, 0.717) is 23.4 Å². The van der Waals surface area contributed by atoms with Gasteiger partial charge in [0.25, 0.3) is 0 Å². The van der Waals surface area contributed by atoms with Crippen molar-refractivity contribution in [2.75, 3.05) is 6.61 Å². The molecule has 18 heavy (non-hydrogen) atoms. The molecule has 0 amide bonds. The van der Waals surface area contributed by atoms with E-state index in [1.165, 1.54) is 0 Å². The Bertz CT molecular complexity index is 677. The maximum atomic E-state index is 8.98. The Kier molecular flexibility index (Phi) is 2.69. The van der Waals surface area contributed by atoms with Crippen molar-refractivity contribution in [3.05, 3.63) is 24.0 Å². The zero-order chi connectivity index (χ0) is 12.5. The molecule has 3 rings (SSSR count). The fourth-order valence-electron chi connectivity index (χ4n) is 1.77. The number of halogens is 1. The smallest absolute Gasteiger partial charge is 0.225 e. The summed E-state index contributed by atoms with van der Waals surface area (Å²) in [5, 5.41) is 15.7. The SMILES string of the molecule is OCCn1cnc2c(-c3cn[nH]c3)nc(Cl)nc21. The molecule has 8 heteroatoms. The van der Waals surface area contributed by atoms with E-state index in [2.05, 4.69) is 25.1 Å². The average molecular weight is 265 g/mol. The summed E-state index contributed by atoms with van der Waals surface area (Å²) < 4.78 is 1.73. The van der Waals surface area contributed by atoms with E-state index in [4.69, 9.17) is 16.7 Å². The quantitative estimate of drug-likeness (QED) is 0.685. The maximum absolute atomic E-state index is 8.98. The molecule has 92 valence electrons. The predicted octanol–water partition coefficient (Wildman–Crippen LogP) is 0.862. The minimum atomic E-state index is 0.00806. The highest BCUT2D eigenvalue weighted by Crippen LogP contribution is 2.25. The van der Waals surface area contributed by atoms with Crippen molar-refractivity contribution in [3.8, 4) is 11.3 Å². The molecule has 0 atom stereocenters. The minimum Gasteiger partial charge on any atom is -0.395 e. The molecule has 0 saturated carbocycles. The van der Waals surface area contributed by atoms with Crippen molar-refractivity contribution in [1.29, 1.82) is 0 Å². The molecule has 7 nitrogen and oxygen atoms in total. The van der Waals surface area contributed by atoms with Crippen LogP contribution in [0.15, 0.2) is 18.7 Å². The van der Waals surface area contributed by atoms with Crippen molar-refractivity contribution < 1.29 is 5.11 Å². The molecule has 0 spiro atoms. The van der Waals surface area contributed by atoms with Gasteiger partial charge >= 0.3 is 0 Å². The minimum absolute atomic E-state index is 0.00806. The van der Waals surface area contributed by atoms with Gasteiger partial charge in [-0.3, -0.25) is 5.10 Å². The summed E-state index contributed by atoms with van der Waals surface area (Å²) in [6, 6.07) is 0. The molecule has 0 aliphatic heterocycles. The lowest BCUT2D eigenvalue weighted by molar-refractivity contribution is 0.277. The first-order valence-corrected chi connectivity index (χ1v) is 5.66. The molecule has 3 heterocycles. The van der Waals surface area contributed by atoms with Gasteiger partial charge in [-0.2, -0.15) is 10.1 Å². The van der Waals surface area contributed by atoms with E-state index in [0.717, 1.165) is 5.56 Å². The summed E-state index contributed by atoms with van der Waals surface area (Å²) in [7, 11) is 0. The zero-order valence-electron chi connectivity index (χ0n) is 9.21. The van der Waals surface area contributed by atoms with Crippen LogP contribution >= 0.6 is 11.6 Å². The van der Waals surface area contributed by atoms with E-state index < -0.39 is 0 Å². The first kappa shape index (κ1) is 11.1. The Hall–Kier alpha value is -1.99. The molecule has 2 N–H and O–H groups in total. The maximum Gasteiger partial charge on any atom is 0.225 e. The first-order chi connectivity index (χ1) is 8.79. The topological polar surface area (TPSA) is 92.5 Å². The Morgan fingerprint density at radius 1 is 1.39 bits per heavy atom. The van der Waals surface area contributed by atoms with Crippen molar-refractivity contribution in [2.45, 2.75) is 6.54 Å². The summed E-state index contributed by atoms with van der Waals surface area (Å²) in [4.78, 5) is 12.6. The number of nitrogens with zero attached hydrogens (tertiary/aromatic N) is 5. The number of imidazole rings is 1. The molecule has 0 saturated heterocycles. The third-order valence-electron chi connectivity index (χ3n) is 2.55. The Labute approximate surface area is 106 Å². The monoisotopic (exact) mass is 264 g/mol. The number of aromatic amines is 1. The molecule has 0 bridgehead atoms. The molecule has 0 aliphatic rings. The zero-order valence-corrected chi connectivity index (χ0v) is 9.96. The van der Waals surface area contributed by atoms with Crippen molar-refractivity contribution in [2.24, 2.45) is 0 Å². The summed E-state index contributed by atoms with van der Waals surface area (Å²) in [5.41, 5.74) is 2.64. The van der Waals surface area contributed by atoms with Crippen LogP contribution in [0.1, 0.15) is 0 Å². The number of H-pyrrole nitrogens is 1. The lowest BCUT2D eigenvalue weighted by atomic mass is 10.2. The first-order valence-electron chi connectivity index (χ1n) is 5.28. The molecular weight excluding hydrogens is 256 g/mol. The summed E-state index contributed by atoms with van der Waals surface area (Å²) in [5.74, 6) is 0. The number of hydrogen-bond acceptors (Lipinski definition) is 5.